The van der Waals surface area contributed by atoms with Gasteiger partial charge in [0.15, 0.2) is 17.3 Å². The lowest BCUT2D eigenvalue weighted by molar-refractivity contribution is 0.612. The van der Waals surface area contributed by atoms with Crippen LogP contribution in [-0.4, -0.2) is 37.8 Å². The van der Waals surface area contributed by atoms with Gasteiger partial charge in [-0.25, -0.2) is 23.7 Å². The number of H-pyrrole nitrogens is 1. The predicted octanol–water partition coefficient (Wildman–Crippen LogP) is 5.60. The minimum absolute atomic E-state index is 0.130. The van der Waals surface area contributed by atoms with Crippen molar-refractivity contribution in [3.8, 4) is 0 Å². The quantitative estimate of drug-likeness (QED) is 0.271. The van der Waals surface area contributed by atoms with E-state index in [1.165, 1.54) is 12.1 Å². The number of anilines is 1. The highest BCUT2D eigenvalue weighted by Gasteiger charge is 2.16. The lowest BCUT2D eigenvalue weighted by Gasteiger charge is -2.11. The van der Waals surface area contributed by atoms with E-state index in [1.54, 1.807) is 19.3 Å². The molecule has 3 heterocycles. The van der Waals surface area contributed by atoms with Crippen molar-refractivity contribution >= 4 is 40.2 Å². The van der Waals surface area contributed by atoms with Crippen molar-refractivity contribution in [2.75, 3.05) is 11.9 Å². The van der Waals surface area contributed by atoms with E-state index in [9.17, 15) is 8.78 Å². The monoisotopic (exact) mass is 449 g/mol. The van der Waals surface area contributed by atoms with Crippen LogP contribution in [0.3, 0.4) is 0 Å². The van der Waals surface area contributed by atoms with E-state index >= 15 is 0 Å². The second kappa shape index (κ2) is 9.32. The van der Waals surface area contributed by atoms with E-state index in [0.717, 1.165) is 17.3 Å². The van der Waals surface area contributed by atoms with Crippen LogP contribution in [0.5, 0.6) is 0 Å². The molecule has 0 saturated carbocycles. The summed E-state index contributed by atoms with van der Waals surface area (Å²) in [6.07, 6.45) is 6.45. The molecular formula is C24H25F2N7. The number of aromatic amines is 1. The first kappa shape index (κ1) is 22.3. The third-order valence-electron chi connectivity index (χ3n) is 5.32. The number of hydrogen-bond acceptors (Lipinski definition) is 5. The Balaban J connectivity index is 1.67. The van der Waals surface area contributed by atoms with Crippen molar-refractivity contribution < 1.29 is 8.78 Å². The molecule has 0 amide bonds. The van der Waals surface area contributed by atoms with E-state index in [0.29, 0.717) is 46.7 Å². The number of halogens is 2. The second-order valence-electron chi connectivity index (χ2n) is 7.99. The van der Waals surface area contributed by atoms with Crippen molar-refractivity contribution in [3.63, 3.8) is 0 Å². The molecule has 0 fully saturated rings. The number of nitrogens with one attached hydrogen (secondary N) is 2. The van der Waals surface area contributed by atoms with E-state index in [1.807, 2.05) is 30.7 Å². The van der Waals surface area contributed by atoms with Crippen LogP contribution >= 0.6 is 0 Å². The Morgan fingerprint density at radius 3 is 2.91 bits per heavy atom. The summed E-state index contributed by atoms with van der Waals surface area (Å²) in [5.74, 6) is 0.113. The van der Waals surface area contributed by atoms with Crippen LogP contribution in [0.2, 0.25) is 0 Å². The molecule has 170 valence electrons. The van der Waals surface area contributed by atoms with Gasteiger partial charge in [0.25, 0.3) is 0 Å². The number of allylic oxidation sites excluding steroid dienone is 3. The zero-order valence-electron chi connectivity index (χ0n) is 18.7. The fraction of sp³-hybridized carbons (Fsp3) is 0.250. The summed E-state index contributed by atoms with van der Waals surface area (Å²) in [6, 6.07) is 5.11. The van der Waals surface area contributed by atoms with Gasteiger partial charge in [-0.1, -0.05) is 6.07 Å². The maximum absolute atomic E-state index is 14.3. The number of aromatic nitrogens is 5. The van der Waals surface area contributed by atoms with Gasteiger partial charge in [0.2, 0.25) is 0 Å². The maximum atomic E-state index is 14.3. The molecule has 2 N–H and O–H groups in total. The van der Waals surface area contributed by atoms with E-state index < -0.39 is 5.83 Å². The lowest BCUT2D eigenvalue weighted by Crippen LogP contribution is -2.10. The van der Waals surface area contributed by atoms with E-state index in [4.69, 9.17) is 0 Å². The first-order valence-electron chi connectivity index (χ1n) is 10.6. The molecule has 0 aliphatic heterocycles. The van der Waals surface area contributed by atoms with Gasteiger partial charge in [-0.15, -0.1) is 0 Å². The molecule has 33 heavy (non-hydrogen) atoms. The second-order valence-corrected chi connectivity index (χ2v) is 7.99. The molecule has 0 spiro atoms. The van der Waals surface area contributed by atoms with Gasteiger partial charge in [0.05, 0.1) is 12.5 Å². The topological polar surface area (TPSA) is 83.8 Å². The molecule has 0 aliphatic rings. The average Bonchev–Trinajstić information content (AvgIpc) is 3.39. The summed E-state index contributed by atoms with van der Waals surface area (Å²) in [6.45, 7) is 9.55. The number of nitrogens with zero attached hydrogens (tertiary/aromatic N) is 5. The van der Waals surface area contributed by atoms with Crippen LogP contribution in [-0.2, 0) is 6.42 Å². The molecule has 1 aromatic carbocycles. The van der Waals surface area contributed by atoms with Crippen LogP contribution in [0, 0.1) is 5.82 Å². The van der Waals surface area contributed by atoms with E-state index in [2.05, 4.69) is 37.0 Å². The highest BCUT2D eigenvalue weighted by molar-refractivity contribution is 5.85. The third-order valence-corrected chi connectivity index (χ3v) is 5.32. The Morgan fingerprint density at radius 2 is 2.15 bits per heavy atom. The Bertz CT molecular complexity index is 1380. The van der Waals surface area contributed by atoms with Crippen molar-refractivity contribution in [3.05, 3.63) is 66.0 Å². The highest BCUT2D eigenvalue weighted by Crippen LogP contribution is 2.26. The average molecular weight is 450 g/mol. The lowest BCUT2D eigenvalue weighted by atomic mass is 10.1. The summed E-state index contributed by atoms with van der Waals surface area (Å²) in [5, 5.41) is 3.90. The third kappa shape index (κ3) is 4.52. The molecular weight excluding hydrogens is 424 g/mol. The molecule has 0 saturated heterocycles. The normalized spacial score (nSPS) is 12.8. The molecule has 0 aliphatic carbocycles. The molecule has 4 rings (SSSR count). The van der Waals surface area contributed by atoms with Gasteiger partial charge in [-0.2, -0.15) is 0 Å². The summed E-state index contributed by atoms with van der Waals surface area (Å²) in [5.41, 5.74) is 3.43. The summed E-state index contributed by atoms with van der Waals surface area (Å²) >= 11 is 0. The van der Waals surface area contributed by atoms with Crippen LogP contribution in [0.15, 0.2) is 53.8 Å². The predicted molar refractivity (Wildman–Crippen MR) is 129 cm³/mol. The van der Waals surface area contributed by atoms with E-state index in [-0.39, 0.29) is 11.9 Å². The van der Waals surface area contributed by atoms with Gasteiger partial charge in [0, 0.05) is 29.7 Å². The largest absolute Gasteiger partial charge is 0.368 e. The minimum atomic E-state index is -0.542. The molecule has 0 unspecified atom stereocenters. The van der Waals surface area contributed by atoms with Gasteiger partial charge < -0.3 is 14.9 Å². The van der Waals surface area contributed by atoms with Crippen LogP contribution < -0.4 is 5.32 Å². The summed E-state index contributed by atoms with van der Waals surface area (Å²) in [4.78, 5) is 20.3. The highest BCUT2D eigenvalue weighted by atomic mass is 19.1. The molecule has 3 aromatic heterocycles. The van der Waals surface area contributed by atoms with Crippen molar-refractivity contribution in [1.82, 2.24) is 24.5 Å². The summed E-state index contributed by atoms with van der Waals surface area (Å²) < 4.78 is 30.2. The molecule has 4 aromatic rings. The first-order valence-corrected chi connectivity index (χ1v) is 10.6. The van der Waals surface area contributed by atoms with Gasteiger partial charge >= 0.3 is 0 Å². The number of rotatable bonds is 8. The number of benzene rings is 1. The van der Waals surface area contributed by atoms with Crippen LogP contribution in [0.25, 0.3) is 27.6 Å². The standard InChI is InChI=1S/C24H25F2N7/c1-14(2)33-13-30-21-23(31-22(32-24(21)33)15(3)10-17(25)12-27-4)28-9-8-16-11-29-19-7-5-6-18(26)20(16)19/h5-7,10-14,29H,4,8-9H2,1-3H3,(H,28,31,32)/b15-10+,17-12+. The number of hydrogen-bond donors (Lipinski definition) is 2. The molecule has 0 atom stereocenters. The molecule has 0 bridgehead atoms. The molecule has 0 radical (unpaired) electrons. The van der Waals surface area contributed by atoms with Gasteiger partial charge in [-0.3, -0.25) is 4.99 Å². The Labute approximate surface area is 190 Å². The molecule has 7 nitrogen and oxygen atoms in total. The zero-order chi connectivity index (χ0) is 23.5. The zero-order valence-corrected chi connectivity index (χ0v) is 18.7. The van der Waals surface area contributed by atoms with Crippen LogP contribution in [0.4, 0.5) is 14.6 Å². The first-order chi connectivity index (χ1) is 15.9. The van der Waals surface area contributed by atoms with Crippen molar-refractivity contribution in [1.29, 1.82) is 0 Å². The van der Waals surface area contributed by atoms with Gasteiger partial charge in [0.1, 0.15) is 17.2 Å². The number of fused-ring (bicyclic) bond motifs is 2. The Morgan fingerprint density at radius 1 is 1.33 bits per heavy atom. The smallest absolute Gasteiger partial charge is 0.166 e. The minimum Gasteiger partial charge on any atom is -0.368 e. The van der Waals surface area contributed by atoms with Gasteiger partial charge in [-0.05, 0) is 63.3 Å². The van der Waals surface area contributed by atoms with Crippen molar-refractivity contribution in [2.24, 2.45) is 4.99 Å². The fourth-order valence-electron chi connectivity index (χ4n) is 3.71. The van der Waals surface area contributed by atoms with Crippen LogP contribution in [0.1, 0.15) is 38.2 Å². The fourth-order valence-corrected chi connectivity index (χ4v) is 3.71. The Hall–Kier alpha value is -3.88. The number of imidazole rings is 1. The Kier molecular flexibility index (Phi) is 6.30. The maximum Gasteiger partial charge on any atom is 0.166 e. The number of aliphatic imine (C=N–C) groups is 1. The molecule has 9 heteroatoms. The summed E-state index contributed by atoms with van der Waals surface area (Å²) in [7, 11) is 0. The SMILES string of the molecule is C=N/C=C(F)\C=C(/C)c1nc(NCCc2c[nH]c3cccc(F)c23)c2ncn(C(C)C)c2n1. The van der Waals surface area contributed by atoms with Crippen molar-refractivity contribution in [2.45, 2.75) is 33.2 Å².